The molecule has 0 bridgehead atoms. The second-order valence-corrected chi connectivity index (χ2v) is 6.01. The molecule has 2 aliphatic rings. The molecule has 3 nitrogen and oxygen atoms in total. The van der Waals surface area contributed by atoms with E-state index in [0.29, 0.717) is 12.6 Å². The third kappa shape index (κ3) is 2.90. The predicted molar refractivity (Wildman–Crippen MR) is 79.9 cm³/mol. The van der Waals surface area contributed by atoms with E-state index in [9.17, 15) is 5.11 Å². The predicted octanol–water partition coefficient (Wildman–Crippen LogP) is 2.02. The number of aliphatic hydroxyl groups is 1. The molecule has 20 heavy (non-hydrogen) atoms. The van der Waals surface area contributed by atoms with Crippen molar-refractivity contribution in [1.82, 2.24) is 4.90 Å². The standard InChI is InChI=1S/C17H25NO2/c1-2-20-17-12-18(11-16(17)19)15-9-7-13-5-3-4-6-14(13)8-10-15/h3-6,15-17,19H,2,7-12H2,1H3/t16-,17-/m1/s1. The Kier molecular flexibility index (Phi) is 4.39. The van der Waals surface area contributed by atoms with Gasteiger partial charge in [-0.1, -0.05) is 24.3 Å². The first-order valence-corrected chi connectivity index (χ1v) is 7.88. The lowest BCUT2D eigenvalue weighted by atomic mass is 10.0. The molecule has 1 aliphatic carbocycles. The van der Waals surface area contributed by atoms with Crippen LogP contribution in [-0.4, -0.2) is 48.0 Å². The zero-order chi connectivity index (χ0) is 13.9. The van der Waals surface area contributed by atoms with Gasteiger partial charge in [-0.2, -0.15) is 0 Å². The maximum atomic E-state index is 10.1. The third-order valence-electron chi connectivity index (χ3n) is 4.77. The van der Waals surface area contributed by atoms with E-state index in [1.165, 1.54) is 24.0 Å². The first kappa shape index (κ1) is 14.1. The number of rotatable bonds is 3. The second-order valence-electron chi connectivity index (χ2n) is 6.01. The van der Waals surface area contributed by atoms with Gasteiger partial charge in [-0.3, -0.25) is 4.90 Å². The third-order valence-corrected chi connectivity index (χ3v) is 4.77. The van der Waals surface area contributed by atoms with Gasteiger partial charge >= 0.3 is 0 Å². The van der Waals surface area contributed by atoms with E-state index in [0.717, 1.165) is 25.9 Å². The maximum Gasteiger partial charge on any atom is 0.0972 e. The molecule has 0 saturated carbocycles. The monoisotopic (exact) mass is 275 g/mol. The molecule has 2 atom stereocenters. The van der Waals surface area contributed by atoms with Gasteiger partial charge < -0.3 is 9.84 Å². The SMILES string of the molecule is CCO[C@@H]1CN(C2CCc3ccccc3CC2)C[C@H]1O. The van der Waals surface area contributed by atoms with Crippen LogP contribution < -0.4 is 0 Å². The molecule has 0 amide bonds. The van der Waals surface area contributed by atoms with E-state index in [1.54, 1.807) is 0 Å². The Balaban J connectivity index is 1.63. The van der Waals surface area contributed by atoms with Crippen molar-refractivity contribution in [1.29, 1.82) is 0 Å². The minimum absolute atomic E-state index is 0.00521. The van der Waals surface area contributed by atoms with E-state index in [1.807, 2.05) is 6.92 Å². The van der Waals surface area contributed by atoms with Crippen molar-refractivity contribution in [3.05, 3.63) is 35.4 Å². The number of hydrogen-bond donors (Lipinski definition) is 1. The van der Waals surface area contributed by atoms with Crippen molar-refractivity contribution in [2.75, 3.05) is 19.7 Å². The summed E-state index contributed by atoms with van der Waals surface area (Å²) in [5.41, 5.74) is 3.02. The number of ether oxygens (including phenoxy) is 1. The lowest BCUT2D eigenvalue weighted by molar-refractivity contribution is -0.00264. The average molecular weight is 275 g/mol. The second kappa shape index (κ2) is 6.25. The van der Waals surface area contributed by atoms with Crippen LogP contribution >= 0.6 is 0 Å². The zero-order valence-corrected chi connectivity index (χ0v) is 12.3. The topological polar surface area (TPSA) is 32.7 Å². The van der Waals surface area contributed by atoms with E-state index >= 15 is 0 Å². The number of fused-ring (bicyclic) bond motifs is 1. The minimum Gasteiger partial charge on any atom is -0.389 e. The molecule has 3 rings (SSSR count). The molecular formula is C17H25NO2. The van der Waals surface area contributed by atoms with E-state index in [4.69, 9.17) is 4.74 Å². The van der Waals surface area contributed by atoms with Gasteiger partial charge in [0.25, 0.3) is 0 Å². The molecule has 1 fully saturated rings. The van der Waals surface area contributed by atoms with Crippen molar-refractivity contribution < 1.29 is 9.84 Å². The molecule has 0 aromatic heterocycles. The van der Waals surface area contributed by atoms with Crippen LogP contribution in [0.5, 0.6) is 0 Å². The van der Waals surface area contributed by atoms with Crippen LogP contribution in [0.4, 0.5) is 0 Å². The molecule has 1 heterocycles. The van der Waals surface area contributed by atoms with Crippen molar-refractivity contribution in [2.45, 2.75) is 50.9 Å². The van der Waals surface area contributed by atoms with Crippen LogP contribution in [0.2, 0.25) is 0 Å². The lowest BCUT2D eigenvalue weighted by Crippen LogP contribution is -2.34. The summed E-state index contributed by atoms with van der Waals surface area (Å²) < 4.78 is 5.64. The largest absolute Gasteiger partial charge is 0.389 e. The molecule has 1 aliphatic heterocycles. The van der Waals surface area contributed by atoms with Gasteiger partial charge in [0.1, 0.15) is 0 Å². The van der Waals surface area contributed by atoms with E-state index < -0.39 is 0 Å². The van der Waals surface area contributed by atoms with Gasteiger partial charge in [0.05, 0.1) is 12.2 Å². The Labute approximate surface area is 121 Å². The van der Waals surface area contributed by atoms with Gasteiger partial charge in [-0.25, -0.2) is 0 Å². The first-order valence-electron chi connectivity index (χ1n) is 7.88. The fraction of sp³-hybridized carbons (Fsp3) is 0.647. The number of hydrogen-bond acceptors (Lipinski definition) is 3. The number of aliphatic hydroxyl groups excluding tert-OH is 1. The number of aryl methyl sites for hydroxylation is 2. The summed E-state index contributed by atoms with van der Waals surface area (Å²) in [5.74, 6) is 0. The van der Waals surface area contributed by atoms with Gasteiger partial charge in [0.15, 0.2) is 0 Å². The summed E-state index contributed by atoms with van der Waals surface area (Å²) in [7, 11) is 0. The van der Waals surface area contributed by atoms with Gasteiger partial charge in [0.2, 0.25) is 0 Å². The van der Waals surface area contributed by atoms with Crippen molar-refractivity contribution in [3.8, 4) is 0 Å². The summed E-state index contributed by atoms with van der Waals surface area (Å²) in [6, 6.07) is 9.40. The summed E-state index contributed by atoms with van der Waals surface area (Å²) in [6.45, 7) is 4.34. The molecule has 1 N–H and O–H groups in total. The highest BCUT2D eigenvalue weighted by Gasteiger charge is 2.35. The van der Waals surface area contributed by atoms with Crippen LogP contribution in [0, 0.1) is 0 Å². The zero-order valence-electron chi connectivity index (χ0n) is 12.3. The minimum atomic E-state index is -0.319. The molecule has 0 radical (unpaired) electrons. The number of benzene rings is 1. The van der Waals surface area contributed by atoms with Crippen LogP contribution in [0.25, 0.3) is 0 Å². The lowest BCUT2D eigenvalue weighted by Gasteiger charge is -2.26. The fourth-order valence-corrected chi connectivity index (χ4v) is 3.66. The number of nitrogens with zero attached hydrogens (tertiary/aromatic N) is 1. The number of β-amino-alcohol motifs (C(OH)–C–C–N with tert-alkyl or cyclic N) is 1. The van der Waals surface area contributed by atoms with Crippen LogP contribution in [0.15, 0.2) is 24.3 Å². The van der Waals surface area contributed by atoms with E-state index in [-0.39, 0.29) is 12.2 Å². The highest BCUT2D eigenvalue weighted by atomic mass is 16.5. The maximum absolute atomic E-state index is 10.1. The summed E-state index contributed by atoms with van der Waals surface area (Å²) in [5, 5.41) is 10.1. The highest BCUT2D eigenvalue weighted by Crippen LogP contribution is 2.26. The Morgan fingerprint density at radius 3 is 2.40 bits per heavy atom. The van der Waals surface area contributed by atoms with Crippen LogP contribution in [0.1, 0.15) is 30.9 Å². The summed E-state index contributed by atoms with van der Waals surface area (Å²) in [6.07, 6.45) is 4.40. The van der Waals surface area contributed by atoms with Crippen molar-refractivity contribution in [3.63, 3.8) is 0 Å². The normalized spacial score (nSPS) is 28.3. The smallest absolute Gasteiger partial charge is 0.0972 e. The van der Waals surface area contributed by atoms with Crippen molar-refractivity contribution in [2.24, 2.45) is 0 Å². The molecule has 0 spiro atoms. The van der Waals surface area contributed by atoms with Crippen LogP contribution in [-0.2, 0) is 17.6 Å². The Morgan fingerprint density at radius 2 is 1.80 bits per heavy atom. The van der Waals surface area contributed by atoms with Crippen molar-refractivity contribution >= 4 is 0 Å². The number of likely N-dealkylation sites (tertiary alicyclic amines) is 1. The summed E-state index contributed by atoms with van der Waals surface area (Å²) >= 11 is 0. The van der Waals surface area contributed by atoms with Crippen LogP contribution in [0.3, 0.4) is 0 Å². The molecule has 1 saturated heterocycles. The Hall–Kier alpha value is -0.900. The first-order chi connectivity index (χ1) is 9.78. The fourth-order valence-electron chi connectivity index (χ4n) is 3.66. The summed E-state index contributed by atoms with van der Waals surface area (Å²) in [4.78, 5) is 2.44. The highest BCUT2D eigenvalue weighted by molar-refractivity contribution is 5.28. The molecule has 1 aromatic rings. The molecule has 0 unspecified atom stereocenters. The van der Waals surface area contributed by atoms with Gasteiger partial charge in [-0.15, -0.1) is 0 Å². The average Bonchev–Trinajstić information content (AvgIpc) is 2.71. The molecule has 1 aromatic carbocycles. The molecular weight excluding hydrogens is 250 g/mol. The van der Waals surface area contributed by atoms with Gasteiger partial charge in [-0.05, 0) is 43.7 Å². The molecule has 110 valence electrons. The quantitative estimate of drug-likeness (QED) is 0.857. The Morgan fingerprint density at radius 1 is 1.15 bits per heavy atom. The van der Waals surface area contributed by atoms with Gasteiger partial charge in [0, 0.05) is 25.7 Å². The molecule has 3 heteroatoms. The van der Waals surface area contributed by atoms with E-state index in [2.05, 4.69) is 29.2 Å². The Bertz CT molecular complexity index is 421.